The zero-order chi connectivity index (χ0) is 12.8. The Kier molecular flexibility index (Phi) is 12.9. The predicted molar refractivity (Wildman–Crippen MR) is 77.8 cm³/mol. The molecule has 0 unspecified atom stereocenters. The summed E-state index contributed by atoms with van der Waals surface area (Å²) in [4.78, 5) is 0. The molecule has 0 aliphatic rings. The van der Waals surface area contributed by atoms with Crippen molar-refractivity contribution in [1.29, 1.82) is 0 Å². The highest BCUT2D eigenvalue weighted by molar-refractivity contribution is 4.89. The number of hydrogen-bond acceptors (Lipinski definition) is 2. The molecule has 3 N–H and O–H groups in total. The Balaban J connectivity index is 2.99. The minimum Gasteiger partial charge on any atom is -0.386 e. The maximum atomic E-state index is 5.64. The fraction of sp³-hybridized carbons (Fsp3) is 0.867. The van der Waals surface area contributed by atoms with E-state index in [1.807, 2.05) is 13.0 Å². The number of allylic oxidation sites excluding steroid dienone is 1. The Bertz CT molecular complexity index is 176. The molecule has 0 aliphatic heterocycles. The Morgan fingerprint density at radius 3 is 1.82 bits per heavy atom. The molecule has 0 radical (unpaired) electrons. The van der Waals surface area contributed by atoms with Crippen LogP contribution in [0.5, 0.6) is 0 Å². The Morgan fingerprint density at radius 2 is 1.35 bits per heavy atom. The second kappa shape index (κ2) is 13.4. The van der Waals surface area contributed by atoms with Crippen molar-refractivity contribution in [2.75, 3.05) is 6.54 Å². The standard InChI is InChI=1S/C15H32N2/c1-3-5-6-7-8-9-10-11-12-13-14-17-15(16)4-2/h4,17H,3,5-14,16H2,1-2H3. The van der Waals surface area contributed by atoms with Crippen molar-refractivity contribution in [3.63, 3.8) is 0 Å². The zero-order valence-electron chi connectivity index (χ0n) is 11.9. The lowest BCUT2D eigenvalue weighted by atomic mass is 10.1. The zero-order valence-corrected chi connectivity index (χ0v) is 11.9. The minimum absolute atomic E-state index is 0.806. The molecule has 0 aromatic heterocycles. The number of nitrogens with two attached hydrogens (primary N) is 1. The lowest BCUT2D eigenvalue weighted by Gasteiger charge is -2.05. The summed E-state index contributed by atoms with van der Waals surface area (Å²) in [7, 11) is 0. The van der Waals surface area contributed by atoms with Gasteiger partial charge in [0.05, 0.1) is 5.82 Å². The number of hydrogen-bond donors (Lipinski definition) is 2. The van der Waals surface area contributed by atoms with Crippen LogP contribution in [0.3, 0.4) is 0 Å². The van der Waals surface area contributed by atoms with E-state index < -0.39 is 0 Å². The maximum Gasteiger partial charge on any atom is 0.0916 e. The molecule has 2 heteroatoms. The van der Waals surface area contributed by atoms with Crippen LogP contribution in [-0.2, 0) is 0 Å². The van der Waals surface area contributed by atoms with Crippen molar-refractivity contribution in [3.8, 4) is 0 Å². The van der Waals surface area contributed by atoms with E-state index in [1.165, 1.54) is 64.2 Å². The quantitative estimate of drug-likeness (QED) is 0.499. The molecule has 0 spiro atoms. The van der Waals surface area contributed by atoms with Crippen molar-refractivity contribution in [1.82, 2.24) is 5.32 Å². The fourth-order valence-corrected chi connectivity index (χ4v) is 1.95. The van der Waals surface area contributed by atoms with Crippen LogP contribution in [0.1, 0.15) is 78.1 Å². The third kappa shape index (κ3) is 13.3. The number of nitrogens with one attached hydrogen (secondary N) is 1. The van der Waals surface area contributed by atoms with Crippen molar-refractivity contribution in [2.45, 2.75) is 78.1 Å². The van der Waals surface area contributed by atoms with Crippen LogP contribution in [0.2, 0.25) is 0 Å². The summed E-state index contributed by atoms with van der Waals surface area (Å²) in [6, 6.07) is 0. The summed E-state index contributed by atoms with van der Waals surface area (Å²) in [5.74, 6) is 0.806. The van der Waals surface area contributed by atoms with Crippen LogP contribution in [-0.4, -0.2) is 6.54 Å². The van der Waals surface area contributed by atoms with Gasteiger partial charge in [0.1, 0.15) is 0 Å². The molecule has 0 saturated carbocycles. The fourth-order valence-electron chi connectivity index (χ4n) is 1.95. The first-order valence-corrected chi connectivity index (χ1v) is 7.47. The van der Waals surface area contributed by atoms with Crippen LogP contribution >= 0.6 is 0 Å². The largest absolute Gasteiger partial charge is 0.386 e. The topological polar surface area (TPSA) is 38.0 Å². The highest BCUT2D eigenvalue weighted by Crippen LogP contribution is 2.10. The normalized spacial score (nSPS) is 11.8. The van der Waals surface area contributed by atoms with Crippen molar-refractivity contribution in [3.05, 3.63) is 11.9 Å². The average Bonchev–Trinajstić information content (AvgIpc) is 2.35. The smallest absolute Gasteiger partial charge is 0.0916 e. The number of rotatable bonds is 12. The molecule has 0 saturated heterocycles. The Morgan fingerprint density at radius 1 is 0.882 bits per heavy atom. The first kappa shape index (κ1) is 16.3. The van der Waals surface area contributed by atoms with E-state index in [0.717, 1.165) is 12.4 Å². The van der Waals surface area contributed by atoms with E-state index in [2.05, 4.69) is 12.2 Å². The van der Waals surface area contributed by atoms with Gasteiger partial charge in [-0.2, -0.15) is 0 Å². The van der Waals surface area contributed by atoms with E-state index in [1.54, 1.807) is 0 Å². The molecule has 0 aromatic carbocycles. The molecule has 102 valence electrons. The van der Waals surface area contributed by atoms with Gasteiger partial charge in [0.25, 0.3) is 0 Å². The SMILES string of the molecule is CC=C(N)NCCCCCCCCCCCC. The molecule has 0 aromatic rings. The third-order valence-electron chi connectivity index (χ3n) is 3.17. The van der Waals surface area contributed by atoms with E-state index in [0.29, 0.717) is 0 Å². The van der Waals surface area contributed by atoms with Crippen LogP contribution in [0.4, 0.5) is 0 Å². The monoisotopic (exact) mass is 240 g/mol. The summed E-state index contributed by atoms with van der Waals surface area (Å²) in [6.45, 7) is 5.25. The van der Waals surface area contributed by atoms with Gasteiger partial charge < -0.3 is 11.1 Å². The summed E-state index contributed by atoms with van der Waals surface area (Å²) < 4.78 is 0. The molecule has 0 heterocycles. The van der Waals surface area contributed by atoms with Crippen molar-refractivity contribution >= 4 is 0 Å². The minimum atomic E-state index is 0.806. The molecule has 2 nitrogen and oxygen atoms in total. The van der Waals surface area contributed by atoms with E-state index in [4.69, 9.17) is 5.73 Å². The van der Waals surface area contributed by atoms with Gasteiger partial charge in [0.2, 0.25) is 0 Å². The molecule has 0 aliphatic carbocycles. The van der Waals surface area contributed by atoms with Gasteiger partial charge in [-0.1, -0.05) is 64.7 Å². The van der Waals surface area contributed by atoms with Crippen LogP contribution in [0, 0.1) is 0 Å². The first-order valence-electron chi connectivity index (χ1n) is 7.47. The summed E-state index contributed by atoms with van der Waals surface area (Å²) >= 11 is 0. The van der Waals surface area contributed by atoms with E-state index >= 15 is 0 Å². The highest BCUT2D eigenvalue weighted by atomic mass is 15.0. The van der Waals surface area contributed by atoms with Crippen LogP contribution < -0.4 is 11.1 Å². The van der Waals surface area contributed by atoms with Gasteiger partial charge in [-0.3, -0.25) is 0 Å². The molecule has 0 fully saturated rings. The Hall–Kier alpha value is -0.660. The predicted octanol–water partition coefficient (Wildman–Crippen LogP) is 4.32. The van der Waals surface area contributed by atoms with Gasteiger partial charge in [-0.05, 0) is 19.4 Å². The van der Waals surface area contributed by atoms with Crippen molar-refractivity contribution < 1.29 is 0 Å². The van der Waals surface area contributed by atoms with Gasteiger partial charge in [-0.25, -0.2) is 0 Å². The molecular weight excluding hydrogens is 208 g/mol. The molecule has 17 heavy (non-hydrogen) atoms. The highest BCUT2D eigenvalue weighted by Gasteiger charge is 1.92. The van der Waals surface area contributed by atoms with Gasteiger partial charge >= 0.3 is 0 Å². The summed E-state index contributed by atoms with van der Waals surface area (Å²) in [5, 5.41) is 3.20. The van der Waals surface area contributed by atoms with Gasteiger partial charge in [0, 0.05) is 6.54 Å². The first-order chi connectivity index (χ1) is 8.31. The summed E-state index contributed by atoms with van der Waals surface area (Å²) in [5.41, 5.74) is 5.64. The summed E-state index contributed by atoms with van der Waals surface area (Å²) in [6.07, 6.45) is 15.8. The lowest BCUT2D eigenvalue weighted by Crippen LogP contribution is -2.20. The lowest BCUT2D eigenvalue weighted by molar-refractivity contribution is 0.551. The van der Waals surface area contributed by atoms with Crippen LogP contribution in [0.15, 0.2) is 11.9 Å². The number of unbranched alkanes of at least 4 members (excludes halogenated alkanes) is 9. The van der Waals surface area contributed by atoms with E-state index in [-0.39, 0.29) is 0 Å². The second-order valence-corrected chi connectivity index (χ2v) is 4.85. The molecule has 0 bridgehead atoms. The Labute approximate surface area is 108 Å². The average molecular weight is 240 g/mol. The molecule has 0 amide bonds. The molecule has 0 rings (SSSR count). The third-order valence-corrected chi connectivity index (χ3v) is 3.17. The molecule has 0 atom stereocenters. The van der Waals surface area contributed by atoms with Gasteiger partial charge in [-0.15, -0.1) is 0 Å². The second-order valence-electron chi connectivity index (χ2n) is 4.85. The van der Waals surface area contributed by atoms with Crippen molar-refractivity contribution in [2.24, 2.45) is 5.73 Å². The molecular formula is C15H32N2. The maximum absolute atomic E-state index is 5.64. The van der Waals surface area contributed by atoms with E-state index in [9.17, 15) is 0 Å². The van der Waals surface area contributed by atoms with Crippen LogP contribution in [0.25, 0.3) is 0 Å². The van der Waals surface area contributed by atoms with Gasteiger partial charge in [0.15, 0.2) is 0 Å².